The van der Waals surface area contributed by atoms with Gasteiger partial charge in [0.2, 0.25) is 0 Å². The highest BCUT2D eigenvalue weighted by molar-refractivity contribution is 5.28. The van der Waals surface area contributed by atoms with Gasteiger partial charge in [-0.05, 0) is 68.6 Å². The van der Waals surface area contributed by atoms with Crippen molar-refractivity contribution in [2.45, 2.75) is 44.9 Å². The van der Waals surface area contributed by atoms with E-state index in [1.54, 1.807) is 6.20 Å². The van der Waals surface area contributed by atoms with Gasteiger partial charge >= 0.3 is 0 Å². The summed E-state index contributed by atoms with van der Waals surface area (Å²) in [5, 5.41) is 15.3. The minimum absolute atomic E-state index is 0.337. The molecular formula is C26H33N3O3. The molecule has 1 aliphatic heterocycles. The quantitative estimate of drug-likeness (QED) is 0.549. The van der Waals surface area contributed by atoms with E-state index in [1.165, 1.54) is 11.1 Å². The zero-order valence-corrected chi connectivity index (χ0v) is 18.8. The molecule has 2 aromatic carbocycles. The molecule has 0 radical (unpaired) electrons. The number of hydrogen-bond acceptors (Lipinski definition) is 5. The lowest BCUT2D eigenvalue weighted by Crippen LogP contribution is -2.37. The molecule has 1 aromatic heterocycles. The average molecular weight is 436 g/mol. The molecule has 1 N–H and O–H groups in total. The SMILES string of the molecule is Cc1ccc(OC[C@@]2(O)CCCN(Cc3cccc(OCCn4cccn4)c3)CC2)cc1. The Kier molecular flexibility index (Phi) is 7.45. The predicted octanol–water partition coefficient (Wildman–Crippen LogP) is 4.07. The fraction of sp³-hybridized carbons (Fsp3) is 0.423. The number of rotatable bonds is 9. The van der Waals surface area contributed by atoms with Crippen molar-refractivity contribution < 1.29 is 14.6 Å². The second kappa shape index (κ2) is 10.7. The molecule has 6 nitrogen and oxygen atoms in total. The lowest BCUT2D eigenvalue weighted by atomic mass is 9.96. The Morgan fingerprint density at radius 2 is 1.88 bits per heavy atom. The van der Waals surface area contributed by atoms with Crippen LogP contribution in [0.25, 0.3) is 0 Å². The summed E-state index contributed by atoms with van der Waals surface area (Å²) < 4.78 is 13.7. The Hall–Kier alpha value is -2.83. The Morgan fingerprint density at radius 1 is 1.00 bits per heavy atom. The molecule has 0 amide bonds. The number of ether oxygens (including phenoxy) is 2. The van der Waals surface area contributed by atoms with Crippen molar-refractivity contribution in [1.82, 2.24) is 14.7 Å². The van der Waals surface area contributed by atoms with Crippen molar-refractivity contribution >= 4 is 0 Å². The number of benzene rings is 2. The molecular weight excluding hydrogens is 402 g/mol. The van der Waals surface area contributed by atoms with Gasteiger partial charge in [-0.3, -0.25) is 9.58 Å². The Bertz CT molecular complexity index is 959. The monoisotopic (exact) mass is 435 g/mol. The molecule has 1 atom stereocenters. The average Bonchev–Trinajstić information content (AvgIpc) is 3.24. The molecule has 4 rings (SSSR count). The zero-order valence-electron chi connectivity index (χ0n) is 18.8. The van der Waals surface area contributed by atoms with Gasteiger partial charge in [0.25, 0.3) is 0 Å². The molecule has 2 heterocycles. The summed E-state index contributed by atoms with van der Waals surface area (Å²) in [6.45, 7) is 6.37. The third kappa shape index (κ3) is 6.58. The van der Waals surface area contributed by atoms with Gasteiger partial charge in [0.05, 0.1) is 12.1 Å². The van der Waals surface area contributed by atoms with Crippen LogP contribution >= 0.6 is 0 Å². The van der Waals surface area contributed by atoms with Crippen molar-refractivity contribution in [3.63, 3.8) is 0 Å². The Morgan fingerprint density at radius 3 is 2.69 bits per heavy atom. The van der Waals surface area contributed by atoms with E-state index >= 15 is 0 Å². The zero-order chi connectivity index (χ0) is 22.2. The molecule has 0 saturated carbocycles. The van der Waals surface area contributed by atoms with Crippen LogP contribution in [0.3, 0.4) is 0 Å². The summed E-state index contributed by atoms with van der Waals surface area (Å²) in [4.78, 5) is 2.41. The van der Waals surface area contributed by atoms with Crippen molar-refractivity contribution in [1.29, 1.82) is 0 Å². The second-order valence-corrected chi connectivity index (χ2v) is 8.72. The number of hydrogen-bond donors (Lipinski definition) is 1. The van der Waals surface area contributed by atoms with Crippen LogP contribution in [-0.4, -0.2) is 51.7 Å². The largest absolute Gasteiger partial charge is 0.492 e. The van der Waals surface area contributed by atoms with E-state index in [0.717, 1.165) is 50.5 Å². The highest BCUT2D eigenvalue weighted by atomic mass is 16.5. The van der Waals surface area contributed by atoms with E-state index in [9.17, 15) is 5.11 Å². The molecule has 0 spiro atoms. The Balaban J connectivity index is 1.25. The van der Waals surface area contributed by atoms with Crippen LogP contribution in [0.5, 0.6) is 11.5 Å². The number of aromatic nitrogens is 2. The van der Waals surface area contributed by atoms with Crippen molar-refractivity contribution in [2.24, 2.45) is 0 Å². The summed E-state index contributed by atoms with van der Waals surface area (Å²) in [6, 6.07) is 18.2. The molecule has 32 heavy (non-hydrogen) atoms. The molecule has 6 heteroatoms. The van der Waals surface area contributed by atoms with Crippen LogP contribution < -0.4 is 9.47 Å². The molecule has 1 saturated heterocycles. The number of nitrogens with zero attached hydrogens (tertiary/aromatic N) is 3. The van der Waals surface area contributed by atoms with Gasteiger partial charge < -0.3 is 14.6 Å². The van der Waals surface area contributed by atoms with Gasteiger partial charge in [-0.15, -0.1) is 0 Å². The molecule has 1 fully saturated rings. The van der Waals surface area contributed by atoms with Crippen LogP contribution in [-0.2, 0) is 13.1 Å². The van der Waals surface area contributed by atoms with Crippen molar-refractivity contribution in [3.05, 3.63) is 78.1 Å². The van der Waals surface area contributed by atoms with Crippen LogP contribution in [0, 0.1) is 6.92 Å². The van der Waals surface area contributed by atoms with Crippen LogP contribution in [0.2, 0.25) is 0 Å². The first kappa shape index (κ1) is 22.4. The highest BCUT2D eigenvalue weighted by Crippen LogP contribution is 2.25. The standard InChI is InChI=1S/C26H33N3O3/c1-22-7-9-24(10-8-22)32-21-26(30)11-3-14-28(16-12-26)20-23-5-2-6-25(19-23)31-18-17-29-15-4-13-27-29/h2,4-10,13,15,19,30H,3,11-12,14,16-18,20-21H2,1H3/t26-/m1/s1. The van der Waals surface area contributed by atoms with Gasteiger partial charge in [-0.1, -0.05) is 29.8 Å². The molecule has 3 aromatic rings. The predicted molar refractivity (Wildman–Crippen MR) is 125 cm³/mol. The minimum Gasteiger partial charge on any atom is -0.492 e. The fourth-order valence-corrected chi connectivity index (χ4v) is 4.07. The van der Waals surface area contributed by atoms with Gasteiger partial charge in [-0.25, -0.2) is 0 Å². The third-order valence-electron chi connectivity index (χ3n) is 5.99. The smallest absolute Gasteiger partial charge is 0.119 e. The van der Waals surface area contributed by atoms with Gasteiger partial charge in [0.1, 0.15) is 24.7 Å². The lowest BCUT2D eigenvalue weighted by Gasteiger charge is -2.27. The van der Waals surface area contributed by atoms with Crippen LogP contribution in [0.15, 0.2) is 67.0 Å². The van der Waals surface area contributed by atoms with Crippen molar-refractivity contribution in [3.8, 4) is 11.5 Å². The molecule has 1 aliphatic rings. The molecule has 0 bridgehead atoms. The maximum Gasteiger partial charge on any atom is 0.119 e. The van der Waals surface area contributed by atoms with E-state index in [1.807, 2.05) is 53.3 Å². The van der Waals surface area contributed by atoms with Crippen LogP contribution in [0.1, 0.15) is 30.4 Å². The molecule has 0 aliphatic carbocycles. The first-order valence-electron chi connectivity index (χ1n) is 11.4. The topological polar surface area (TPSA) is 59.8 Å². The van der Waals surface area contributed by atoms with Crippen LogP contribution in [0.4, 0.5) is 0 Å². The second-order valence-electron chi connectivity index (χ2n) is 8.72. The minimum atomic E-state index is -0.781. The normalized spacial score (nSPS) is 19.4. The first-order valence-corrected chi connectivity index (χ1v) is 11.4. The van der Waals surface area contributed by atoms with Gasteiger partial charge in [-0.2, -0.15) is 5.10 Å². The number of aryl methyl sites for hydroxylation is 1. The number of likely N-dealkylation sites (tertiary alicyclic amines) is 1. The summed E-state index contributed by atoms with van der Waals surface area (Å²) in [5.74, 6) is 1.70. The Labute approximate surface area is 190 Å². The van der Waals surface area contributed by atoms with E-state index in [4.69, 9.17) is 9.47 Å². The summed E-state index contributed by atoms with van der Waals surface area (Å²) >= 11 is 0. The maximum absolute atomic E-state index is 11.1. The third-order valence-corrected chi connectivity index (χ3v) is 5.99. The molecule has 0 unspecified atom stereocenters. The maximum atomic E-state index is 11.1. The summed E-state index contributed by atoms with van der Waals surface area (Å²) in [6.07, 6.45) is 6.13. The lowest BCUT2D eigenvalue weighted by molar-refractivity contribution is -0.0168. The summed E-state index contributed by atoms with van der Waals surface area (Å²) in [7, 11) is 0. The van der Waals surface area contributed by atoms with E-state index < -0.39 is 5.60 Å². The first-order chi connectivity index (χ1) is 15.6. The van der Waals surface area contributed by atoms with Gasteiger partial charge in [0, 0.05) is 25.5 Å². The summed E-state index contributed by atoms with van der Waals surface area (Å²) in [5.41, 5.74) is 1.65. The fourth-order valence-electron chi connectivity index (χ4n) is 4.07. The van der Waals surface area contributed by atoms with Gasteiger partial charge in [0.15, 0.2) is 0 Å². The molecule has 170 valence electrons. The number of aliphatic hydroxyl groups is 1. The van der Waals surface area contributed by atoms with Crippen molar-refractivity contribution in [2.75, 3.05) is 26.3 Å². The highest BCUT2D eigenvalue weighted by Gasteiger charge is 2.31. The van der Waals surface area contributed by atoms with E-state index in [2.05, 4.69) is 29.1 Å². The van der Waals surface area contributed by atoms with E-state index in [-0.39, 0.29) is 0 Å². The van der Waals surface area contributed by atoms with E-state index in [0.29, 0.717) is 19.6 Å².